The Hall–Kier alpha value is 0.160. The standard InChI is InChI=1S/C13H16Br3NO/c1-8(2)17-6-9(3)7-18-13-11(15)4-10(14)5-12(13)16/h4-5,8,17H,3,6-7H2,1-2H3. The first-order valence-corrected chi connectivity index (χ1v) is 7.95. The highest BCUT2D eigenvalue weighted by Gasteiger charge is 2.08. The molecule has 1 rings (SSSR count). The first-order chi connectivity index (χ1) is 8.40. The molecule has 0 aliphatic heterocycles. The lowest BCUT2D eigenvalue weighted by Gasteiger charge is -2.14. The van der Waals surface area contributed by atoms with Crippen molar-refractivity contribution in [3.63, 3.8) is 0 Å². The van der Waals surface area contributed by atoms with Gasteiger partial charge in [-0.2, -0.15) is 0 Å². The molecule has 0 heterocycles. The SMILES string of the molecule is C=C(CNC(C)C)COc1c(Br)cc(Br)cc1Br. The van der Waals surface area contributed by atoms with Crippen LogP contribution in [0.25, 0.3) is 0 Å². The predicted octanol–water partition coefficient (Wildman–Crippen LogP) is 4.91. The third kappa shape index (κ3) is 5.43. The number of hydrogen-bond donors (Lipinski definition) is 1. The molecule has 5 heteroatoms. The quantitative estimate of drug-likeness (QED) is 0.633. The average molecular weight is 442 g/mol. The van der Waals surface area contributed by atoms with E-state index < -0.39 is 0 Å². The van der Waals surface area contributed by atoms with Gasteiger partial charge in [0.05, 0.1) is 8.95 Å². The van der Waals surface area contributed by atoms with Crippen molar-refractivity contribution in [1.29, 1.82) is 0 Å². The molecule has 18 heavy (non-hydrogen) atoms. The minimum Gasteiger partial charge on any atom is -0.487 e. The number of rotatable bonds is 6. The van der Waals surface area contributed by atoms with Crippen molar-refractivity contribution in [3.8, 4) is 5.75 Å². The summed E-state index contributed by atoms with van der Waals surface area (Å²) in [4.78, 5) is 0. The van der Waals surface area contributed by atoms with Gasteiger partial charge in [-0.25, -0.2) is 0 Å². The van der Waals surface area contributed by atoms with Crippen LogP contribution in [0.1, 0.15) is 13.8 Å². The van der Waals surface area contributed by atoms with E-state index in [-0.39, 0.29) is 0 Å². The van der Waals surface area contributed by atoms with Crippen LogP contribution in [0, 0.1) is 0 Å². The molecule has 0 aliphatic rings. The summed E-state index contributed by atoms with van der Waals surface area (Å²) in [6, 6.07) is 4.36. The van der Waals surface area contributed by atoms with E-state index in [1.54, 1.807) is 0 Å². The molecule has 0 radical (unpaired) electrons. The maximum Gasteiger partial charge on any atom is 0.148 e. The molecule has 1 aromatic rings. The highest BCUT2D eigenvalue weighted by Crippen LogP contribution is 2.36. The van der Waals surface area contributed by atoms with Gasteiger partial charge < -0.3 is 10.1 Å². The molecule has 1 N–H and O–H groups in total. The number of halogens is 3. The molecule has 0 amide bonds. The molecule has 0 spiro atoms. The largest absolute Gasteiger partial charge is 0.487 e. The average Bonchev–Trinajstić information content (AvgIpc) is 2.24. The fraction of sp³-hybridized carbons (Fsp3) is 0.385. The zero-order valence-corrected chi connectivity index (χ0v) is 15.2. The minimum atomic E-state index is 0.452. The van der Waals surface area contributed by atoms with Crippen molar-refractivity contribution in [3.05, 3.63) is 37.7 Å². The Bertz CT molecular complexity index is 409. The smallest absolute Gasteiger partial charge is 0.148 e. The monoisotopic (exact) mass is 439 g/mol. The summed E-state index contributed by atoms with van der Waals surface area (Å²) in [5, 5.41) is 3.31. The van der Waals surface area contributed by atoms with E-state index >= 15 is 0 Å². The zero-order chi connectivity index (χ0) is 13.7. The zero-order valence-electron chi connectivity index (χ0n) is 10.4. The Kier molecular flexibility index (Phi) is 6.92. The van der Waals surface area contributed by atoms with E-state index in [1.165, 1.54) is 0 Å². The molecule has 0 atom stereocenters. The van der Waals surface area contributed by atoms with Crippen molar-refractivity contribution in [2.75, 3.05) is 13.2 Å². The highest BCUT2D eigenvalue weighted by atomic mass is 79.9. The Labute approximate surface area is 134 Å². The summed E-state index contributed by atoms with van der Waals surface area (Å²) in [6.45, 7) is 9.47. The summed E-state index contributed by atoms with van der Waals surface area (Å²) >= 11 is 10.4. The van der Waals surface area contributed by atoms with Gasteiger partial charge in [0.1, 0.15) is 12.4 Å². The number of ether oxygens (including phenoxy) is 1. The van der Waals surface area contributed by atoms with Gasteiger partial charge in [-0.1, -0.05) is 36.4 Å². The Morgan fingerprint density at radius 1 is 1.28 bits per heavy atom. The van der Waals surface area contributed by atoms with E-state index in [0.29, 0.717) is 12.6 Å². The van der Waals surface area contributed by atoms with Crippen molar-refractivity contribution >= 4 is 47.8 Å². The van der Waals surface area contributed by atoms with E-state index in [0.717, 1.165) is 31.3 Å². The van der Waals surface area contributed by atoms with E-state index in [2.05, 4.69) is 73.5 Å². The van der Waals surface area contributed by atoms with Crippen LogP contribution >= 0.6 is 47.8 Å². The van der Waals surface area contributed by atoms with Crippen LogP contribution in [0.3, 0.4) is 0 Å². The lowest BCUT2D eigenvalue weighted by molar-refractivity contribution is 0.343. The third-order valence-electron chi connectivity index (χ3n) is 2.14. The summed E-state index contributed by atoms with van der Waals surface area (Å²) in [7, 11) is 0. The Morgan fingerprint density at radius 3 is 2.33 bits per heavy atom. The van der Waals surface area contributed by atoms with Gasteiger partial charge in [-0.3, -0.25) is 0 Å². The summed E-state index contributed by atoms with van der Waals surface area (Å²) in [5.74, 6) is 0.795. The molecular weight excluding hydrogens is 426 g/mol. The first-order valence-electron chi connectivity index (χ1n) is 5.57. The van der Waals surface area contributed by atoms with E-state index in [4.69, 9.17) is 4.74 Å². The van der Waals surface area contributed by atoms with Crippen LogP contribution < -0.4 is 10.1 Å². The van der Waals surface area contributed by atoms with E-state index in [9.17, 15) is 0 Å². The fourth-order valence-electron chi connectivity index (χ4n) is 1.24. The molecule has 0 aromatic heterocycles. The summed E-state index contributed by atoms with van der Waals surface area (Å²) < 4.78 is 8.58. The lowest BCUT2D eigenvalue weighted by Crippen LogP contribution is -2.26. The van der Waals surface area contributed by atoms with Gasteiger partial charge >= 0.3 is 0 Å². The molecule has 0 fully saturated rings. The molecule has 1 aromatic carbocycles. The molecule has 2 nitrogen and oxygen atoms in total. The number of hydrogen-bond acceptors (Lipinski definition) is 2. The van der Waals surface area contributed by atoms with Crippen LogP contribution in [0.5, 0.6) is 5.75 Å². The van der Waals surface area contributed by atoms with Gasteiger partial charge in [-0.15, -0.1) is 0 Å². The van der Waals surface area contributed by atoms with Gasteiger partial charge in [0.25, 0.3) is 0 Å². The molecule has 0 aliphatic carbocycles. The van der Waals surface area contributed by atoms with Crippen molar-refractivity contribution < 1.29 is 4.74 Å². The van der Waals surface area contributed by atoms with Crippen LogP contribution in [-0.4, -0.2) is 19.2 Å². The van der Waals surface area contributed by atoms with Gasteiger partial charge in [0.2, 0.25) is 0 Å². The lowest BCUT2D eigenvalue weighted by atomic mass is 10.3. The third-order valence-corrected chi connectivity index (χ3v) is 3.78. The summed E-state index contributed by atoms with van der Waals surface area (Å²) in [5.41, 5.74) is 1.02. The highest BCUT2D eigenvalue weighted by molar-refractivity contribution is 9.11. The minimum absolute atomic E-state index is 0.452. The Balaban J connectivity index is 2.56. The molecule has 0 unspecified atom stereocenters. The molecule has 100 valence electrons. The van der Waals surface area contributed by atoms with Crippen molar-refractivity contribution in [1.82, 2.24) is 5.32 Å². The van der Waals surface area contributed by atoms with Crippen molar-refractivity contribution in [2.24, 2.45) is 0 Å². The maximum absolute atomic E-state index is 5.76. The maximum atomic E-state index is 5.76. The first kappa shape index (κ1) is 16.2. The van der Waals surface area contributed by atoms with Crippen LogP contribution in [-0.2, 0) is 0 Å². The van der Waals surface area contributed by atoms with Crippen LogP contribution in [0.2, 0.25) is 0 Å². The fourth-order valence-corrected chi connectivity index (χ4v) is 3.73. The normalized spacial score (nSPS) is 10.8. The second kappa shape index (κ2) is 7.68. The molecule has 0 saturated carbocycles. The second-order valence-corrected chi connectivity index (χ2v) is 6.90. The van der Waals surface area contributed by atoms with Crippen LogP contribution in [0.4, 0.5) is 0 Å². The van der Waals surface area contributed by atoms with Crippen LogP contribution in [0.15, 0.2) is 37.7 Å². The number of nitrogens with one attached hydrogen (secondary N) is 1. The number of benzene rings is 1. The van der Waals surface area contributed by atoms with Gasteiger partial charge in [-0.05, 0) is 49.6 Å². The molecule has 0 saturated heterocycles. The van der Waals surface area contributed by atoms with E-state index in [1.807, 2.05) is 12.1 Å². The summed E-state index contributed by atoms with van der Waals surface area (Å²) in [6.07, 6.45) is 0. The molecule has 0 bridgehead atoms. The topological polar surface area (TPSA) is 21.3 Å². The predicted molar refractivity (Wildman–Crippen MR) is 87.3 cm³/mol. The molecular formula is C13H16Br3NO. The van der Waals surface area contributed by atoms with Gasteiger partial charge in [0.15, 0.2) is 0 Å². The van der Waals surface area contributed by atoms with Crippen molar-refractivity contribution in [2.45, 2.75) is 19.9 Å². The second-order valence-electron chi connectivity index (χ2n) is 4.27. The van der Waals surface area contributed by atoms with Gasteiger partial charge in [0, 0.05) is 17.1 Å². The Morgan fingerprint density at radius 2 is 1.83 bits per heavy atom.